The molecule has 0 bridgehead atoms. The summed E-state index contributed by atoms with van der Waals surface area (Å²) >= 11 is 0. The third-order valence-corrected chi connectivity index (χ3v) is 4.58. The lowest BCUT2D eigenvalue weighted by molar-refractivity contribution is 0.184. The Kier molecular flexibility index (Phi) is 5.26. The molecule has 1 saturated heterocycles. The molecule has 1 aromatic rings. The largest absolute Gasteiger partial charge is 0.303 e. The topological polar surface area (TPSA) is 3.24 Å². The van der Waals surface area contributed by atoms with Gasteiger partial charge in [-0.05, 0) is 67.8 Å². The van der Waals surface area contributed by atoms with Gasteiger partial charge in [0.1, 0.15) is 0 Å². The molecule has 0 amide bonds. The SMILES string of the molecule is CCCN1CCC(Cc2ccccc2C(C)(C)C)CC1. The molecule has 1 heterocycles. The van der Waals surface area contributed by atoms with Crippen molar-refractivity contribution in [3.63, 3.8) is 0 Å². The Labute approximate surface area is 125 Å². The summed E-state index contributed by atoms with van der Waals surface area (Å²) in [5.74, 6) is 0.881. The fraction of sp³-hybridized carbons (Fsp3) is 0.684. The molecule has 112 valence electrons. The number of rotatable bonds is 4. The summed E-state index contributed by atoms with van der Waals surface area (Å²) in [7, 11) is 0. The number of hydrogen-bond donors (Lipinski definition) is 0. The first-order chi connectivity index (χ1) is 9.50. The molecule has 0 spiro atoms. The van der Waals surface area contributed by atoms with Crippen LogP contribution < -0.4 is 0 Å². The molecule has 1 nitrogen and oxygen atoms in total. The summed E-state index contributed by atoms with van der Waals surface area (Å²) < 4.78 is 0. The zero-order chi connectivity index (χ0) is 14.6. The van der Waals surface area contributed by atoms with Gasteiger partial charge in [0, 0.05) is 0 Å². The van der Waals surface area contributed by atoms with Crippen molar-refractivity contribution in [3.8, 4) is 0 Å². The van der Waals surface area contributed by atoms with E-state index >= 15 is 0 Å². The van der Waals surface area contributed by atoms with Gasteiger partial charge in [-0.25, -0.2) is 0 Å². The Morgan fingerprint density at radius 2 is 1.75 bits per heavy atom. The Hall–Kier alpha value is -0.820. The van der Waals surface area contributed by atoms with Crippen LogP contribution in [0.25, 0.3) is 0 Å². The number of benzene rings is 1. The van der Waals surface area contributed by atoms with Gasteiger partial charge < -0.3 is 4.90 Å². The quantitative estimate of drug-likeness (QED) is 0.772. The van der Waals surface area contributed by atoms with Crippen molar-refractivity contribution < 1.29 is 0 Å². The van der Waals surface area contributed by atoms with Gasteiger partial charge in [-0.2, -0.15) is 0 Å². The third kappa shape index (κ3) is 4.09. The first-order valence-corrected chi connectivity index (χ1v) is 8.31. The average molecular weight is 273 g/mol. The highest BCUT2D eigenvalue weighted by atomic mass is 15.1. The summed E-state index contributed by atoms with van der Waals surface area (Å²) in [6.45, 7) is 13.2. The molecule has 0 aromatic heterocycles. The molecule has 1 aromatic carbocycles. The fourth-order valence-corrected chi connectivity index (χ4v) is 3.47. The smallest absolute Gasteiger partial charge is 0.00160 e. The Balaban J connectivity index is 1.98. The molecule has 20 heavy (non-hydrogen) atoms. The highest BCUT2D eigenvalue weighted by Crippen LogP contribution is 2.29. The van der Waals surface area contributed by atoms with E-state index in [-0.39, 0.29) is 5.41 Å². The normalized spacial score (nSPS) is 18.4. The minimum absolute atomic E-state index is 0.263. The maximum Gasteiger partial charge on any atom is -0.00160 e. The second-order valence-corrected chi connectivity index (χ2v) is 7.40. The molecule has 0 unspecified atom stereocenters. The van der Waals surface area contributed by atoms with E-state index in [2.05, 4.69) is 56.9 Å². The van der Waals surface area contributed by atoms with Gasteiger partial charge in [0.15, 0.2) is 0 Å². The van der Waals surface area contributed by atoms with Crippen molar-refractivity contribution in [2.24, 2.45) is 5.92 Å². The van der Waals surface area contributed by atoms with Crippen LogP contribution in [0.5, 0.6) is 0 Å². The van der Waals surface area contributed by atoms with E-state index < -0.39 is 0 Å². The van der Waals surface area contributed by atoms with E-state index in [4.69, 9.17) is 0 Å². The van der Waals surface area contributed by atoms with Gasteiger partial charge in [-0.15, -0.1) is 0 Å². The summed E-state index contributed by atoms with van der Waals surface area (Å²) in [6.07, 6.45) is 5.31. The molecule has 1 aliphatic heterocycles. The standard InChI is InChI=1S/C19H31N/c1-5-12-20-13-10-16(11-14-20)15-17-8-6-7-9-18(17)19(2,3)4/h6-9,16H,5,10-15H2,1-4H3. The minimum atomic E-state index is 0.263. The fourth-order valence-electron chi connectivity index (χ4n) is 3.47. The summed E-state index contributed by atoms with van der Waals surface area (Å²) in [4.78, 5) is 2.63. The van der Waals surface area contributed by atoms with E-state index in [9.17, 15) is 0 Å². The molecule has 1 fully saturated rings. The van der Waals surface area contributed by atoms with Gasteiger partial charge >= 0.3 is 0 Å². The van der Waals surface area contributed by atoms with Crippen LogP contribution in [-0.4, -0.2) is 24.5 Å². The van der Waals surface area contributed by atoms with Gasteiger partial charge in [0.2, 0.25) is 0 Å². The van der Waals surface area contributed by atoms with Gasteiger partial charge in [-0.1, -0.05) is 52.0 Å². The summed E-state index contributed by atoms with van der Waals surface area (Å²) in [5, 5.41) is 0. The maximum absolute atomic E-state index is 2.63. The monoisotopic (exact) mass is 273 g/mol. The zero-order valence-corrected chi connectivity index (χ0v) is 13.8. The summed E-state index contributed by atoms with van der Waals surface area (Å²) in [6, 6.07) is 9.06. The first-order valence-electron chi connectivity index (χ1n) is 8.31. The molecule has 0 aliphatic carbocycles. The average Bonchev–Trinajstić information content (AvgIpc) is 2.41. The van der Waals surface area contributed by atoms with Crippen LogP contribution in [-0.2, 0) is 11.8 Å². The number of hydrogen-bond acceptors (Lipinski definition) is 1. The lowest BCUT2D eigenvalue weighted by atomic mass is 9.80. The molecule has 0 N–H and O–H groups in total. The lowest BCUT2D eigenvalue weighted by Gasteiger charge is -2.33. The van der Waals surface area contributed by atoms with Crippen LogP contribution >= 0.6 is 0 Å². The van der Waals surface area contributed by atoms with Crippen molar-refractivity contribution >= 4 is 0 Å². The van der Waals surface area contributed by atoms with E-state index in [0.29, 0.717) is 0 Å². The molecule has 0 saturated carbocycles. The second kappa shape index (κ2) is 6.76. The van der Waals surface area contributed by atoms with Crippen molar-refractivity contribution in [3.05, 3.63) is 35.4 Å². The molecule has 0 atom stereocenters. The molecule has 1 aliphatic rings. The lowest BCUT2D eigenvalue weighted by Crippen LogP contribution is -2.35. The molecule has 1 heteroatoms. The Bertz CT molecular complexity index is 408. The van der Waals surface area contributed by atoms with Crippen LogP contribution in [0.4, 0.5) is 0 Å². The molecular formula is C19H31N. The third-order valence-electron chi connectivity index (χ3n) is 4.58. The Morgan fingerprint density at radius 1 is 1.10 bits per heavy atom. The van der Waals surface area contributed by atoms with Crippen LogP contribution in [0, 0.1) is 5.92 Å². The molecular weight excluding hydrogens is 242 g/mol. The zero-order valence-electron chi connectivity index (χ0n) is 13.8. The van der Waals surface area contributed by atoms with E-state index in [1.54, 1.807) is 5.56 Å². The molecule has 2 rings (SSSR count). The maximum atomic E-state index is 2.63. The van der Waals surface area contributed by atoms with Crippen LogP contribution in [0.15, 0.2) is 24.3 Å². The summed E-state index contributed by atoms with van der Waals surface area (Å²) in [5.41, 5.74) is 3.38. The van der Waals surface area contributed by atoms with E-state index in [1.165, 1.54) is 50.9 Å². The highest BCUT2D eigenvalue weighted by molar-refractivity contribution is 5.33. The van der Waals surface area contributed by atoms with Crippen LogP contribution in [0.2, 0.25) is 0 Å². The van der Waals surface area contributed by atoms with Gasteiger partial charge in [0.25, 0.3) is 0 Å². The van der Waals surface area contributed by atoms with Crippen LogP contribution in [0.3, 0.4) is 0 Å². The predicted molar refractivity (Wildman–Crippen MR) is 88.3 cm³/mol. The number of likely N-dealkylation sites (tertiary alicyclic amines) is 1. The van der Waals surface area contributed by atoms with Crippen molar-refractivity contribution in [2.75, 3.05) is 19.6 Å². The first kappa shape index (κ1) is 15.6. The van der Waals surface area contributed by atoms with E-state index in [0.717, 1.165) is 5.92 Å². The van der Waals surface area contributed by atoms with Crippen molar-refractivity contribution in [1.82, 2.24) is 4.90 Å². The predicted octanol–water partition coefficient (Wildman–Crippen LogP) is 4.65. The van der Waals surface area contributed by atoms with Gasteiger partial charge in [-0.3, -0.25) is 0 Å². The Morgan fingerprint density at radius 3 is 2.35 bits per heavy atom. The van der Waals surface area contributed by atoms with Crippen molar-refractivity contribution in [2.45, 2.75) is 58.8 Å². The number of nitrogens with zero attached hydrogens (tertiary/aromatic N) is 1. The van der Waals surface area contributed by atoms with Gasteiger partial charge in [0.05, 0.1) is 0 Å². The second-order valence-electron chi connectivity index (χ2n) is 7.40. The molecule has 0 radical (unpaired) electrons. The van der Waals surface area contributed by atoms with E-state index in [1.807, 2.05) is 0 Å². The highest BCUT2D eigenvalue weighted by Gasteiger charge is 2.22. The van der Waals surface area contributed by atoms with Crippen molar-refractivity contribution in [1.29, 1.82) is 0 Å². The minimum Gasteiger partial charge on any atom is -0.303 e. The number of piperidine rings is 1. The van der Waals surface area contributed by atoms with Crippen LogP contribution in [0.1, 0.15) is 58.1 Å².